The molecule has 2 atom stereocenters. The van der Waals surface area contributed by atoms with Crippen LogP contribution in [0.3, 0.4) is 0 Å². The number of hydrogen-bond acceptors (Lipinski definition) is 5. The van der Waals surface area contributed by atoms with Gasteiger partial charge in [-0.15, -0.1) is 5.10 Å². The van der Waals surface area contributed by atoms with Gasteiger partial charge in [0, 0.05) is 17.6 Å². The summed E-state index contributed by atoms with van der Waals surface area (Å²) in [6.07, 6.45) is 1.28. The molecular weight excluding hydrogens is 254 g/mol. The molecule has 1 fully saturated rings. The van der Waals surface area contributed by atoms with Gasteiger partial charge in [0.1, 0.15) is 0 Å². The van der Waals surface area contributed by atoms with E-state index in [4.69, 9.17) is 4.74 Å². The van der Waals surface area contributed by atoms with Crippen molar-refractivity contribution in [3.05, 3.63) is 5.82 Å². The van der Waals surface area contributed by atoms with Gasteiger partial charge in [-0.05, 0) is 44.5 Å². The van der Waals surface area contributed by atoms with E-state index in [1.54, 1.807) is 0 Å². The summed E-state index contributed by atoms with van der Waals surface area (Å²) in [6, 6.07) is 0.311. The first-order valence-electron chi connectivity index (χ1n) is 7.39. The lowest BCUT2D eigenvalue weighted by molar-refractivity contribution is -0.132. The Labute approximate surface area is 121 Å². The summed E-state index contributed by atoms with van der Waals surface area (Å²) in [6.45, 7) is 14.4. The maximum Gasteiger partial charge on any atom is 0.165 e. The van der Waals surface area contributed by atoms with Crippen LogP contribution in [-0.2, 0) is 11.3 Å². The summed E-state index contributed by atoms with van der Waals surface area (Å²) < 4.78 is 7.74. The highest BCUT2D eigenvalue weighted by atomic mass is 16.5. The average Bonchev–Trinajstić information content (AvgIpc) is 2.78. The van der Waals surface area contributed by atoms with Gasteiger partial charge in [0.2, 0.25) is 0 Å². The molecule has 6 heteroatoms. The lowest BCUT2D eigenvalue weighted by Gasteiger charge is -2.51. The van der Waals surface area contributed by atoms with Gasteiger partial charge in [-0.25, -0.2) is 4.68 Å². The summed E-state index contributed by atoms with van der Waals surface area (Å²) in [5, 5.41) is 15.6. The van der Waals surface area contributed by atoms with E-state index in [9.17, 15) is 0 Å². The molecule has 1 aliphatic rings. The summed E-state index contributed by atoms with van der Waals surface area (Å²) in [4.78, 5) is 0. The van der Waals surface area contributed by atoms with Crippen LogP contribution < -0.4 is 5.32 Å². The maximum absolute atomic E-state index is 5.78. The van der Waals surface area contributed by atoms with Gasteiger partial charge >= 0.3 is 0 Å². The van der Waals surface area contributed by atoms with E-state index < -0.39 is 0 Å². The quantitative estimate of drug-likeness (QED) is 0.893. The first-order chi connectivity index (χ1) is 9.25. The number of rotatable bonds is 5. The Morgan fingerprint density at radius 1 is 1.40 bits per heavy atom. The van der Waals surface area contributed by atoms with Crippen molar-refractivity contribution < 1.29 is 4.74 Å². The Morgan fingerprint density at radius 3 is 2.65 bits per heavy atom. The van der Waals surface area contributed by atoms with Crippen LogP contribution >= 0.6 is 0 Å². The molecule has 0 aromatic carbocycles. The summed E-state index contributed by atoms with van der Waals surface area (Å²) in [7, 11) is 0. The molecule has 0 aliphatic heterocycles. The minimum absolute atomic E-state index is 0.0553. The third kappa shape index (κ3) is 3.01. The molecule has 2 unspecified atom stereocenters. The summed E-state index contributed by atoms with van der Waals surface area (Å²) in [5.74, 6) is 0.896. The molecule has 0 radical (unpaired) electrons. The molecule has 0 amide bonds. The van der Waals surface area contributed by atoms with Crippen LogP contribution in [0, 0.1) is 5.41 Å². The van der Waals surface area contributed by atoms with Crippen LogP contribution in [-0.4, -0.2) is 38.5 Å². The first-order valence-corrected chi connectivity index (χ1v) is 7.39. The van der Waals surface area contributed by atoms with Crippen molar-refractivity contribution in [1.29, 1.82) is 0 Å². The summed E-state index contributed by atoms with van der Waals surface area (Å²) >= 11 is 0. The van der Waals surface area contributed by atoms with Crippen LogP contribution in [0.25, 0.3) is 0 Å². The van der Waals surface area contributed by atoms with E-state index in [1.807, 2.05) is 11.6 Å². The van der Waals surface area contributed by atoms with Crippen molar-refractivity contribution in [3.63, 3.8) is 0 Å². The molecular formula is C14H27N5O. The monoisotopic (exact) mass is 281 g/mol. The molecule has 6 nitrogen and oxygen atoms in total. The van der Waals surface area contributed by atoms with Gasteiger partial charge in [-0.2, -0.15) is 0 Å². The Hall–Kier alpha value is -1.01. The number of nitrogens with zero attached hydrogens (tertiary/aromatic N) is 4. The second-order valence-electron chi connectivity index (χ2n) is 7.16. The molecule has 20 heavy (non-hydrogen) atoms. The highest BCUT2D eigenvalue weighted by Crippen LogP contribution is 2.51. The van der Waals surface area contributed by atoms with E-state index in [0.717, 1.165) is 18.9 Å². The maximum atomic E-state index is 5.78. The van der Waals surface area contributed by atoms with Crippen molar-refractivity contribution in [2.45, 2.75) is 72.2 Å². The third-order valence-corrected chi connectivity index (χ3v) is 4.13. The fourth-order valence-electron chi connectivity index (χ4n) is 2.68. The van der Waals surface area contributed by atoms with E-state index in [2.05, 4.69) is 55.5 Å². The Balaban J connectivity index is 2.06. The van der Waals surface area contributed by atoms with Crippen molar-refractivity contribution >= 4 is 0 Å². The zero-order valence-corrected chi connectivity index (χ0v) is 13.5. The van der Waals surface area contributed by atoms with Crippen LogP contribution in [0.1, 0.15) is 59.8 Å². The molecule has 114 valence electrons. The molecule has 1 N–H and O–H groups in total. The number of hydrogen-bond donors (Lipinski definition) is 1. The minimum atomic E-state index is 0.0553. The van der Waals surface area contributed by atoms with E-state index >= 15 is 0 Å². The standard InChI is InChI=1S/C14H27N5O/c1-7-20-11-8-10(14(11,5)6)19-12(16-17-18-19)9-15-13(2,3)4/h10-11,15H,7-9H2,1-6H3. The van der Waals surface area contributed by atoms with Crippen LogP contribution in [0.4, 0.5) is 0 Å². The van der Waals surface area contributed by atoms with Gasteiger partial charge in [-0.1, -0.05) is 13.8 Å². The molecule has 0 saturated heterocycles. The Kier molecular flexibility index (Phi) is 4.16. The van der Waals surface area contributed by atoms with Crippen molar-refractivity contribution in [3.8, 4) is 0 Å². The predicted octanol–water partition coefficient (Wildman–Crippen LogP) is 1.94. The number of tetrazole rings is 1. The van der Waals surface area contributed by atoms with Gasteiger partial charge in [0.25, 0.3) is 0 Å². The molecule has 1 aromatic heterocycles. The second kappa shape index (κ2) is 5.41. The van der Waals surface area contributed by atoms with Gasteiger partial charge in [-0.3, -0.25) is 0 Å². The third-order valence-electron chi connectivity index (χ3n) is 4.13. The lowest BCUT2D eigenvalue weighted by Crippen LogP contribution is -2.52. The highest BCUT2D eigenvalue weighted by Gasteiger charge is 2.51. The van der Waals surface area contributed by atoms with E-state index in [0.29, 0.717) is 18.7 Å². The highest BCUT2D eigenvalue weighted by molar-refractivity contribution is 5.03. The van der Waals surface area contributed by atoms with Crippen molar-refractivity contribution in [2.24, 2.45) is 5.41 Å². The van der Waals surface area contributed by atoms with Crippen LogP contribution in [0.15, 0.2) is 0 Å². The Morgan fingerprint density at radius 2 is 2.10 bits per heavy atom. The number of ether oxygens (including phenoxy) is 1. The van der Waals surface area contributed by atoms with E-state index in [1.165, 1.54) is 0 Å². The normalized spacial score (nSPS) is 25.5. The second-order valence-corrected chi connectivity index (χ2v) is 7.16. The van der Waals surface area contributed by atoms with E-state index in [-0.39, 0.29) is 11.0 Å². The molecule has 0 bridgehead atoms. The van der Waals surface area contributed by atoms with Crippen LogP contribution in [0.2, 0.25) is 0 Å². The average molecular weight is 281 g/mol. The number of nitrogens with one attached hydrogen (secondary N) is 1. The predicted molar refractivity (Wildman–Crippen MR) is 77.3 cm³/mol. The van der Waals surface area contributed by atoms with Crippen molar-refractivity contribution in [1.82, 2.24) is 25.5 Å². The SMILES string of the molecule is CCOC1CC(n2nnnc2CNC(C)(C)C)C1(C)C. The molecule has 2 rings (SSSR count). The topological polar surface area (TPSA) is 64.9 Å². The largest absolute Gasteiger partial charge is 0.378 e. The zero-order valence-electron chi connectivity index (χ0n) is 13.5. The molecule has 0 spiro atoms. The van der Waals surface area contributed by atoms with Gasteiger partial charge in [0.15, 0.2) is 5.82 Å². The minimum Gasteiger partial charge on any atom is -0.378 e. The van der Waals surface area contributed by atoms with Gasteiger partial charge < -0.3 is 10.1 Å². The molecule has 1 aliphatic carbocycles. The van der Waals surface area contributed by atoms with Crippen LogP contribution in [0.5, 0.6) is 0 Å². The molecule has 1 saturated carbocycles. The molecule has 1 aromatic rings. The summed E-state index contributed by atoms with van der Waals surface area (Å²) in [5.41, 5.74) is 0.127. The smallest absolute Gasteiger partial charge is 0.165 e. The van der Waals surface area contributed by atoms with Crippen molar-refractivity contribution in [2.75, 3.05) is 6.61 Å². The zero-order chi connectivity index (χ0) is 15.0. The lowest BCUT2D eigenvalue weighted by atomic mass is 9.64. The fraction of sp³-hybridized carbons (Fsp3) is 0.929. The first kappa shape index (κ1) is 15.4. The van der Waals surface area contributed by atoms with Gasteiger partial charge in [0.05, 0.1) is 18.7 Å². The molecule has 1 heterocycles. The Bertz CT molecular complexity index is 449. The number of aromatic nitrogens is 4. The fourth-order valence-corrected chi connectivity index (χ4v) is 2.68.